The molecule has 2 rings (SSSR count). The maximum Gasteiger partial charge on any atom is 0.200 e. The molecule has 1 saturated carbocycles. The first-order valence-corrected chi connectivity index (χ1v) is 6.95. The van der Waals surface area contributed by atoms with Crippen LogP contribution in [0.15, 0.2) is 24.5 Å². The first-order chi connectivity index (χ1) is 9.67. The third kappa shape index (κ3) is 3.11. The zero-order valence-corrected chi connectivity index (χ0v) is 11.9. The molecular formula is C16H20F2O2. The minimum absolute atomic E-state index is 0.0450. The molecule has 0 unspecified atom stereocenters. The first kappa shape index (κ1) is 14.8. The monoisotopic (exact) mass is 282 g/mol. The summed E-state index contributed by atoms with van der Waals surface area (Å²) in [5.41, 5.74) is 0.452. The Morgan fingerprint density at radius 1 is 1.10 bits per heavy atom. The molecule has 110 valence electrons. The van der Waals surface area contributed by atoms with Crippen LogP contribution in [0.4, 0.5) is 8.78 Å². The number of hydrogen-bond acceptors (Lipinski definition) is 2. The maximum atomic E-state index is 14.0. The van der Waals surface area contributed by atoms with Crippen molar-refractivity contribution < 1.29 is 18.3 Å². The van der Waals surface area contributed by atoms with E-state index >= 15 is 0 Å². The molecule has 1 aliphatic carbocycles. The van der Waals surface area contributed by atoms with Gasteiger partial charge in [-0.2, -0.15) is 4.39 Å². The minimum atomic E-state index is -0.891. The first-order valence-electron chi connectivity index (χ1n) is 6.95. The largest absolute Gasteiger partial charge is 0.498 e. The van der Waals surface area contributed by atoms with Crippen molar-refractivity contribution in [2.45, 2.75) is 44.6 Å². The fourth-order valence-corrected chi connectivity index (χ4v) is 2.72. The van der Waals surface area contributed by atoms with E-state index in [0.29, 0.717) is 5.56 Å². The van der Waals surface area contributed by atoms with Crippen LogP contribution in [-0.4, -0.2) is 13.2 Å². The Balaban J connectivity index is 2.05. The fourth-order valence-electron chi connectivity index (χ4n) is 2.72. The van der Waals surface area contributed by atoms with E-state index in [2.05, 4.69) is 0 Å². The van der Waals surface area contributed by atoms with Gasteiger partial charge in [0, 0.05) is 0 Å². The number of benzene rings is 1. The van der Waals surface area contributed by atoms with Crippen LogP contribution < -0.4 is 4.74 Å². The Hall–Kier alpha value is -1.58. The van der Waals surface area contributed by atoms with Gasteiger partial charge in [0.2, 0.25) is 5.82 Å². The summed E-state index contributed by atoms with van der Waals surface area (Å²) in [4.78, 5) is 0. The van der Waals surface area contributed by atoms with Gasteiger partial charge in [0.15, 0.2) is 11.6 Å². The van der Waals surface area contributed by atoms with Gasteiger partial charge in [-0.15, -0.1) is 0 Å². The lowest BCUT2D eigenvalue weighted by molar-refractivity contribution is 0.0988. The van der Waals surface area contributed by atoms with E-state index < -0.39 is 11.6 Å². The highest BCUT2D eigenvalue weighted by Crippen LogP contribution is 2.37. The van der Waals surface area contributed by atoms with Gasteiger partial charge in [-0.3, -0.25) is 0 Å². The van der Waals surface area contributed by atoms with E-state index in [1.807, 2.05) is 13.0 Å². The molecule has 1 fully saturated rings. The second-order valence-electron chi connectivity index (χ2n) is 5.06. The summed E-state index contributed by atoms with van der Waals surface area (Å²) < 4.78 is 38.1. The second kappa shape index (κ2) is 6.73. The number of halogens is 2. The van der Waals surface area contributed by atoms with Crippen molar-refractivity contribution in [1.29, 1.82) is 0 Å². The van der Waals surface area contributed by atoms with Gasteiger partial charge in [0.25, 0.3) is 0 Å². The summed E-state index contributed by atoms with van der Waals surface area (Å²) in [6.45, 7) is 1.90. The highest BCUT2D eigenvalue weighted by atomic mass is 19.2. The second-order valence-corrected chi connectivity index (χ2v) is 5.06. The van der Waals surface area contributed by atoms with E-state index in [0.717, 1.165) is 25.7 Å². The molecule has 20 heavy (non-hydrogen) atoms. The van der Waals surface area contributed by atoms with Gasteiger partial charge in [0.05, 0.1) is 19.5 Å². The summed E-state index contributed by atoms with van der Waals surface area (Å²) in [5, 5.41) is 0. The molecule has 0 amide bonds. The molecule has 4 heteroatoms. The van der Waals surface area contributed by atoms with E-state index in [-0.39, 0.29) is 17.8 Å². The van der Waals surface area contributed by atoms with Crippen LogP contribution in [0.1, 0.15) is 44.1 Å². The average Bonchev–Trinajstić information content (AvgIpc) is 2.48. The van der Waals surface area contributed by atoms with Gasteiger partial charge in [-0.25, -0.2) is 4.39 Å². The summed E-state index contributed by atoms with van der Waals surface area (Å²) >= 11 is 0. The third-order valence-corrected chi connectivity index (χ3v) is 3.82. The van der Waals surface area contributed by atoms with Crippen molar-refractivity contribution in [3.8, 4) is 5.75 Å². The van der Waals surface area contributed by atoms with E-state index in [4.69, 9.17) is 9.47 Å². The van der Waals surface area contributed by atoms with Crippen molar-refractivity contribution in [2.24, 2.45) is 0 Å². The molecule has 0 saturated heterocycles. The summed E-state index contributed by atoms with van der Waals surface area (Å²) in [7, 11) is 1.33. The van der Waals surface area contributed by atoms with Crippen LogP contribution in [0.25, 0.3) is 0 Å². The molecule has 1 aliphatic rings. The Morgan fingerprint density at radius 3 is 2.40 bits per heavy atom. The lowest BCUT2D eigenvalue weighted by Gasteiger charge is -2.28. The van der Waals surface area contributed by atoms with Gasteiger partial charge < -0.3 is 9.47 Å². The zero-order valence-electron chi connectivity index (χ0n) is 11.9. The average molecular weight is 282 g/mol. The van der Waals surface area contributed by atoms with Crippen LogP contribution in [0, 0.1) is 11.6 Å². The number of hydrogen-bond donors (Lipinski definition) is 0. The summed E-state index contributed by atoms with van der Waals surface area (Å²) in [5.74, 6) is -1.66. The molecule has 0 atom stereocenters. The third-order valence-electron chi connectivity index (χ3n) is 3.82. The van der Waals surface area contributed by atoms with E-state index in [1.54, 1.807) is 12.3 Å². The molecular weight excluding hydrogens is 262 g/mol. The van der Waals surface area contributed by atoms with Gasteiger partial charge >= 0.3 is 0 Å². The highest BCUT2D eigenvalue weighted by molar-refractivity contribution is 5.33. The molecule has 0 spiro atoms. The lowest BCUT2D eigenvalue weighted by Crippen LogP contribution is -2.20. The molecule has 0 aromatic heterocycles. The molecule has 0 N–H and O–H groups in total. The van der Waals surface area contributed by atoms with Crippen LogP contribution in [0.5, 0.6) is 5.75 Å². The lowest BCUT2D eigenvalue weighted by atomic mass is 9.82. The van der Waals surface area contributed by atoms with Crippen LogP contribution in [0.3, 0.4) is 0 Å². The molecule has 1 aromatic carbocycles. The van der Waals surface area contributed by atoms with Gasteiger partial charge in [-0.05, 0) is 50.2 Å². The molecule has 0 heterocycles. The van der Waals surface area contributed by atoms with Gasteiger partial charge in [-0.1, -0.05) is 12.1 Å². The molecule has 0 bridgehead atoms. The van der Waals surface area contributed by atoms with Crippen LogP contribution in [0.2, 0.25) is 0 Å². The zero-order chi connectivity index (χ0) is 14.5. The number of ether oxygens (including phenoxy) is 2. The number of methoxy groups -OCH3 is 1. The van der Waals surface area contributed by atoms with Crippen molar-refractivity contribution >= 4 is 0 Å². The van der Waals surface area contributed by atoms with E-state index in [1.165, 1.54) is 13.2 Å². The maximum absolute atomic E-state index is 14.0. The molecule has 2 nitrogen and oxygen atoms in total. The quantitative estimate of drug-likeness (QED) is 0.754. The highest BCUT2D eigenvalue weighted by Gasteiger charge is 2.26. The number of allylic oxidation sites excluding steroid dienone is 1. The minimum Gasteiger partial charge on any atom is -0.498 e. The molecule has 0 radical (unpaired) electrons. The molecule has 1 aromatic rings. The summed E-state index contributed by atoms with van der Waals surface area (Å²) in [6, 6.07) is 3.13. The Kier molecular flexibility index (Phi) is 4.99. The molecule has 0 aliphatic heterocycles. The Labute approximate surface area is 118 Å². The van der Waals surface area contributed by atoms with Crippen molar-refractivity contribution in [3.63, 3.8) is 0 Å². The Bertz CT molecular complexity index is 478. The standard InChI is InChI=1S/C16H20F2O2/c1-3-10-20-12-6-4-11(5-7-12)13-8-9-14(19-2)16(18)15(13)17/h3,8-12H,4-7H2,1-2H3/b10-3+. The smallest absolute Gasteiger partial charge is 0.200 e. The van der Waals surface area contributed by atoms with Crippen molar-refractivity contribution in [1.82, 2.24) is 0 Å². The van der Waals surface area contributed by atoms with Crippen LogP contribution in [-0.2, 0) is 4.74 Å². The van der Waals surface area contributed by atoms with Crippen LogP contribution >= 0.6 is 0 Å². The normalized spacial score (nSPS) is 23.0. The predicted molar refractivity (Wildman–Crippen MR) is 73.8 cm³/mol. The number of rotatable bonds is 4. The SMILES string of the molecule is C/C=C/OC1CCC(c2ccc(OC)c(F)c2F)CC1. The summed E-state index contributed by atoms with van der Waals surface area (Å²) in [6.07, 6.45) is 7.08. The van der Waals surface area contributed by atoms with Crippen molar-refractivity contribution in [2.75, 3.05) is 7.11 Å². The predicted octanol–water partition coefficient (Wildman–Crippen LogP) is 4.55. The van der Waals surface area contributed by atoms with E-state index in [9.17, 15) is 8.78 Å². The topological polar surface area (TPSA) is 18.5 Å². The Morgan fingerprint density at radius 2 is 1.80 bits per heavy atom. The fraction of sp³-hybridized carbons (Fsp3) is 0.500. The van der Waals surface area contributed by atoms with Gasteiger partial charge in [0.1, 0.15) is 0 Å². The van der Waals surface area contributed by atoms with Crippen molar-refractivity contribution in [3.05, 3.63) is 41.7 Å².